The van der Waals surface area contributed by atoms with Crippen LogP contribution in [0.3, 0.4) is 0 Å². The quantitative estimate of drug-likeness (QED) is 0.788. The van der Waals surface area contributed by atoms with Crippen LogP contribution in [0, 0.1) is 18.3 Å². The van der Waals surface area contributed by atoms with Crippen molar-refractivity contribution in [3.8, 4) is 17.2 Å². The van der Waals surface area contributed by atoms with Gasteiger partial charge < -0.3 is 0 Å². The van der Waals surface area contributed by atoms with Gasteiger partial charge in [-0.05, 0) is 30.0 Å². The van der Waals surface area contributed by atoms with Crippen LogP contribution in [-0.4, -0.2) is 4.98 Å². The molecule has 0 N–H and O–H groups in total. The second-order valence-corrected chi connectivity index (χ2v) is 4.76. The van der Waals surface area contributed by atoms with Crippen LogP contribution in [0.5, 0.6) is 0 Å². The highest BCUT2D eigenvalue weighted by molar-refractivity contribution is 5.70. The standard InChI is InChI=1S/C16H16N2/c1-11(2)13-4-6-14(7-5-13)16-8-12(3)18-10-15(16)9-17/h4-8,10-11H,1-3H3. The summed E-state index contributed by atoms with van der Waals surface area (Å²) in [6.45, 7) is 6.28. The average molecular weight is 236 g/mol. The van der Waals surface area contributed by atoms with Gasteiger partial charge in [-0.1, -0.05) is 38.1 Å². The highest BCUT2D eigenvalue weighted by atomic mass is 14.7. The number of aromatic nitrogens is 1. The molecule has 0 radical (unpaired) electrons. The van der Waals surface area contributed by atoms with E-state index in [0.717, 1.165) is 16.8 Å². The number of pyridine rings is 1. The molecule has 0 spiro atoms. The van der Waals surface area contributed by atoms with Crippen molar-refractivity contribution in [2.45, 2.75) is 26.7 Å². The summed E-state index contributed by atoms with van der Waals surface area (Å²) < 4.78 is 0. The molecule has 0 atom stereocenters. The fourth-order valence-electron chi connectivity index (χ4n) is 1.94. The molecule has 0 amide bonds. The molecule has 0 saturated carbocycles. The van der Waals surface area contributed by atoms with E-state index in [1.54, 1.807) is 6.20 Å². The molecule has 1 aromatic heterocycles. The molecule has 2 heteroatoms. The Kier molecular flexibility index (Phi) is 3.43. The second-order valence-electron chi connectivity index (χ2n) is 4.76. The molecule has 1 aromatic carbocycles. The summed E-state index contributed by atoms with van der Waals surface area (Å²) in [6.07, 6.45) is 1.64. The van der Waals surface area contributed by atoms with Gasteiger partial charge in [0.15, 0.2) is 0 Å². The summed E-state index contributed by atoms with van der Waals surface area (Å²) in [5.41, 5.74) is 4.89. The van der Waals surface area contributed by atoms with E-state index in [4.69, 9.17) is 5.26 Å². The van der Waals surface area contributed by atoms with E-state index < -0.39 is 0 Å². The zero-order valence-electron chi connectivity index (χ0n) is 10.9. The van der Waals surface area contributed by atoms with Gasteiger partial charge in [0.25, 0.3) is 0 Å². The molecular weight excluding hydrogens is 220 g/mol. The normalized spacial score (nSPS) is 10.4. The van der Waals surface area contributed by atoms with E-state index in [2.05, 4.69) is 49.2 Å². The molecule has 0 saturated heterocycles. The zero-order valence-corrected chi connectivity index (χ0v) is 10.9. The molecule has 0 fully saturated rings. The van der Waals surface area contributed by atoms with Crippen LogP contribution in [0.2, 0.25) is 0 Å². The first kappa shape index (κ1) is 12.3. The largest absolute Gasteiger partial charge is 0.260 e. The van der Waals surface area contributed by atoms with Crippen molar-refractivity contribution in [2.24, 2.45) is 0 Å². The minimum absolute atomic E-state index is 0.522. The SMILES string of the molecule is Cc1cc(-c2ccc(C(C)C)cc2)c(C#N)cn1. The minimum Gasteiger partial charge on any atom is -0.260 e. The summed E-state index contributed by atoms with van der Waals surface area (Å²) >= 11 is 0. The highest BCUT2D eigenvalue weighted by Crippen LogP contribution is 2.25. The number of nitrogens with zero attached hydrogens (tertiary/aromatic N) is 2. The van der Waals surface area contributed by atoms with Gasteiger partial charge in [-0.2, -0.15) is 5.26 Å². The Morgan fingerprint density at radius 2 is 1.83 bits per heavy atom. The monoisotopic (exact) mass is 236 g/mol. The lowest BCUT2D eigenvalue weighted by Crippen LogP contribution is -1.91. The molecule has 90 valence electrons. The average Bonchev–Trinajstić information content (AvgIpc) is 2.39. The van der Waals surface area contributed by atoms with Gasteiger partial charge in [-0.15, -0.1) is 0 Å². The van der Waals surface area contributed by atoms with Gasteiger partial charge in [0.2, 0.25) is 0 Å². The van der Waals surface area contributed by atoms with Gasteiger partial charge in [0.1, 0.15) is 6.07 Å². The van der Waals surface area contributed by atoms with Crippen LogP contribution < -0.4 is 0 Å². The fourth-order valence-corrected chi connectivity index (χ4v) is 1.94. The molecule has 0 aliphatic carbocycles. The number of rotatable bonds is 2. The van der Waals surface area contributed by atoms with Crippen LogP contribution >= 0.6 is 0 Å². The molecule has 18 heavy (non-hydrogen) atoms. The Morgan fingerprint density at radius 1 is 1.17 bits per heavy atom. The van der Waals surface area contributed by atoms with Crippen molar-refractivity contribution in [2.75, 3.05) is 0 Å². The fraction of sp³-hybridized carbons (Fsp3) is 0.250. The number of aryl methyl sites for hydroxylation is 1. The zero-order chi connectivity index (χ0) is 13.1. The van der Waals surface area contributed by atoms with Crippen molar-refractivity contribution >= 4 is 0 Å². The second kappa shape index (κ2) is 5.01. The number of benzene rings is 1. The highest BCUT2D eigenvalue weighted by Gasteiger charge is 2.06. The lowest BCUT2D eigenvalue weighted by Gasteiger charge is -2.08. The van der Waals surface area contributed by atoms with Crippen molar-refractivity contribution in [3.05, 3.63) is 53.3 Å². The van der Waals surface area contributed by atoms with Crippen molar-refractivity contribution in [3.63, 3.8) is 0 Å². The third kappa shape index (κ3) is 2.41. The predicted molar refractivity (Wildman–Crippen MR) is 73.2 cm³/mol. The van der Waals surface area contributed by atoms with Gasteiger partial charge in [-0.25, -0.2) is 0 Å². The van der Waals surface area contributed by atoms with E-state index in [1.807, 2.05) is 13.0 Å². The minimum atomic E-state index is 0.522. The Balaban J connectivity index is 2.49. The molecular formula is C16H16N2. The van der Waals surface area contributed by atoms with Gasteiger partial charge >= 0.3 is 0 Å². The third-order valence-corrected chi connectivity index (χ3v) is 3.05. The smallest absolute Gasteiger partial charge is 0.101 e. The van der Waals surface area contributed by atoms with Gasteiger partial charge in [0.05, 0.1) is 5.56 Å². The summed E-state index contributed by atoms with van der Waals surface area (Å²) in [7, 11) is 0. The molecule has 2 aromatic rings. The molecule has 0 aliphatic heterocycles. The van der Waals surface area contributed by atoms with E-state index in [-0.39, 0.29) is 0 Å². The van der Waals surface area contributed by atoms with Crippen LogP contribution in [0.15, 0.2) is 36.5 Å². The third-order valence-electron chi connectivity index (χ3n) is 3.05. The maximum absolute atomic E-state index is 9.12. The Morgan fingerprint density at radius 3 is 2.39 bits per heavy atom. The molecule has 2 rings (SSSR count). The Bertz CT molecular complexity index is 589. The van der Waals surface area contributed by atoms with Crippen molar-refractivity contribution in [1.82, 2.24) is 4.98 Å². The van der Waals surface area contributed by atoms with Crippen molar-refractivity contribution < 1.29 is 0 Å². The Hall–Kier alpha value is -2.14. The number of hydrogen-bond donors (Lipinski definition) is 0. The summed E-state index contributed by atoms with van der Waals surface area (Å²) in [5.74, 6) is 0.522. The first-order valence-corrected chi connectivity index (χ1v) is 6.09. The maximum Gasteiger partial charge on any atom is 0.101 e. The summed E-state index contributed by atoms with van der Waals surface area (Å²) in [4.78, 5) is 4.16. The number of nitriles is 1. The topological polar surface area (TPSA) is 36.7 Å². The van der Waals surface area contributed by atoms with E-state index >= 15 is 0 Å². The first-order chi connectivity index (χ1) is 8.61. The molecule has 0 bridgehead atoms. The van der Waals surface area contributed by atoms with E-state index in [1.165, 1.54) is 5.56 Å². The van der Waals surface area contributed by atoms with Gasteiger partial charge in [-0.3, -0.25) is 4.98 Å². The van der Waals surface area contributed by atoms with Crippen LogP contribution in [0.1, 0.15) is 36.6 Å². The molecule has 0 unspecified atom stereocenters. The van der Waals surface area contributed by atoms with Crippen LogP contribution in [-0.2, 0) is 0 Å². The summed E-state index contributed by atoms with van der Waals surface area (Å²) in [6, 6.07) is 12.5. The lowest BCUT2D eigenvalue weighted by atomic mass is 9.97. The number of hydrogen-bond acceptors (Lipinski definition) is 2. The first-order valence-electron chi connectivity index (χ1n) is 6.09. The predicted octanol–water partition coefficient (Wildman–Crippen LogP) is 4.05. The van der Waals surface area contributed by atoms with E-state index in [9.17, 15) is 0 Å². The Labute approximate surface area is 108 Å². The van der Waals surface area contributed by atoms with Gasteiger partial charge in [0, 0.05) is 17.5 Å². The molecule has 0 aliphatic rings. The lowest BCUT2D eigenvalue weighted by molar-refractivity contribution is 0.867. The summed E-state index contributed by atoms with van der Waals surface area (Å²) in [5, 5.41) is 9.12. The van der Waals surface area contributed by atoms with E-state index in [0.29, 0.717) is 11.5 Å². The molecule has 2 nitrogen and oxygen atoms in total. The molecule has 1 heterocycles. The van der Waals surface area contributed by atoms with Crippen molar-refractivity contribution in [1.29, 1.82) is 5.26 Å². The van der Waals surface area contributed by atoms with Crippen LogP contribution in [0.4, 0.5) is 0 Å². The maximum atomic E-state index is 9.12. The van der Waals surface area contributed by atoms with Crippen LogP contribution in [0.25, 0.3) is 11.1 Å².